The number of phenols is 1. The summed E-state index contributed by atoms with van der Waals surface area (Å²) in [6.45, 7) is -0.543. The molecule has 16 heteroatoms. The number of carbonyl (C=O) groups is 5. The summed E-state index contributed by atoms with van der Waals surface area (Å²) in [5.41, 5.74) is 6.08. The van der Waals surface area contributed by atoms with Crippen LogP contribution in [0.3, 0.4) is 0 Å². The van der Waals surface area contributed by atoms with Crippen LogP contribution in [-0.2, 0) is 30.4 Å². The molecule has 0 bridgehead atoms. The zero-order valence-electron chi connectivity index (χ0n) is 22.1. The van der Waals surface area contributed by atoms with Crippen LogP contribution in [0.5, 0.6) is 5.75 Å². The number of aliphatic carboxylic acids is 1. The number of phenolic OH excluding ortho intramolecular Hbond substituents is 1. The van der Waals surface area contributed by atoms with Gasteiger partial charge < -0.3 is 52.5 Å². The Morgan fingerprint density at radius 3 is 1.70 bits per heavy atom. The number of benzene rings is 1. The van der Waals surface area contributed by atoms with Crippen LogP contribution in [0.1, 0.15) is 18.9 Å². The SMILES string of the molecule is CSCCC(NC(=O)C(N)C(C)O)C(=O)NC(CO)C(=O)NC(CO)C(=O)NC(Cc1ccc(O)cc1)C(=O)O. The topological polar surface area (TPSA) is 261 Å². The van der Waals surface area contributed by atoms with Crippen molar-refractivity contribution < 1.29 is 49.5 Å². The number of amides is 4. The lowest BCUT2D eigenvalue weighted by Crippen LogP contribution is -2.60. The van der Waals surface area contributed by atoms with Gasteiger partial charge in [0.15, 0.2) is 0 Å². The standard InChI is InChI=1S/C24H37N5O10S/c1-12(32)19(25)23(37)26-15(7-8-40-2)20(34)28-18(11-31)22(36)29-17(10-30)21(35)27-16(24(38)39)9-13-3-5-14(33)6-4-13/h3-6,12,15-19,30-33H,7-11,25H2,1-2H3,(H,26,37)(H,27,35)(H,28,34)(H,29,36)(H,38,39). The largest absolute Gasteiger partial charge is 0.508 e. The predicted octanol–water partition coefficient (Wildman–Crippen LogP) is -3.60. The van der Waals surface area contributed by atoms with Crippen molar-refractivity contribution in [3.8, 4) is 5.75 Å². The van der Waals surface area contributed by atoms with Gasteiger partial charge in [-0.2, -0.15) is 11.8 Å². The molecule has 0 aromatic heterocycles. The molecule has 0 radical (unpaired) electrons. The van der Waals surface area contributed by atoms with Crippen LogP contribution in [-0.4, -0.2) is 117 Å². The van der Waals surface area contributed by atoms with Gasteiger partial charge in [0.05, 0.1) is 19.3 Å². The summed E-state index contributed by atoms with van der Waals surface area (Å²) in [6, 6.07) is -1.53. The number of hydrogen-bond donors (Lipinski definition) is 10. The minimum Gasteiger partial charge on any atom is -0.508 e. The van der Waals surface area contributed by atoms with E-state index in [-0.39, 0.29) is 18.6 Å². The molecule has 0 aliphatic heterocycles. The number of aliphatic hydroxyl groups is 3. The molecular weight excluding hydrogens is 550 g/mol. The zero-order valence-corrected chi connectivity index (χ0v) is 22.9. The lowest BCUT2D eigenvalue weighted by atomic mass is 10.1. The second kappa shape index (κ2) is 17.3. The maximum absolute atomic E-state index is 12.8. The van der Waals surface area contributed by atoms with Crippen LogP contribution in [0.15, 0.2) is 24.3 Å². The van der Waals surface area contributed by atoms with Crippen molar-refractivity contribution in [2.24, 2.45) is 5.73 Å². The first-order chi connectivity index (χ1) is 18.8. The Balaban J connectivity index is 2.88. The molecule has 0 spiro atoms. The Morgan fingerprint density at radius 2 is 1.27 bits per heavy atom. The first-order valence-electron chi connectivity index (χ1n) is 12.2. The molecule has 0 fully saturated rings. The maximum atomic E-state index is 12.8. The average Bonchev–Trinajstić information content (AvgIpc) is 2.92. The molecule has 11 N–H and O–H groups in total. The quantitative estimate of drug-likeness (QED) is 0.0848. The molecule has 224 valence electrons. The highest BCUT2D eigenvalue weighted by Crippen LogP contribution is 2.11. The van der Waals surface area contributed by atoms with Gasteiger partial charge in [0.2, 0.25) is 23.6 Å². The normalized spacial score (nSPS) is 15.4. The minimum absolute atomic E-state index is 0.0328. The van der Waals surface area contributed by atoms with Crippen molar-refractivity contribution in [2.75, 3.05) is 25.2 Å². The molecular formula is C24H37N5O10S. The highest BCUT2D eigenvalue weighted by Gasteiger charge is 2.31. The fourth-order valence-electron chi connectivity index (χ4n) is 3.26. The number of carboxylic acids is 1. The Labute approximate surface area is 234 Å². The predicted molar refractivity (Wildman–Crippen MR) is 144 cm³/mol. The van der Waals surface area contributed by atoms with E-state index in [2.05, 4.69) is 21.3 Å². The van der Waals surface area contributed by atoms with E-state index in [4.69, 9.17) is 5.73 Å². The Morgan fingerprint density at radius 1 is 0.825 bits per heavy atom. The molecule has 15 nitrogen and oxygen atoms in total. The van der Waals surface area contributed by atoms with Gasteiger partial charge in [0.1, 0.15) is 36.0 Å². The van der Waals surface area contributed by atoms with E-state index < -0.39 is 79.1 Å². The third-order valence-electron chi connectivity index (χ3n) is 5.69. The summed E-state index contributed by atoms with van der Waals surface area (Å²) < 4.78 is 0. The molecule has 0 heterocycles. The second-order valence-electron chi connectivity index (χ2n) is 8.87. The number of hydrogen-bond acceptors (Lipinski definition) is 11. The van der Waals surface area contributed by atoms with Crippen LogP contribution < -0.4 is 27.0 Å². The van der Waals surface area contributed by atoms with Gasteiger partial charge in [0.25, 0.3) is 0 Å². The monoisotopic (exact) mass is 587 g/mol. The molecule has 0 saturated heterocycles. The zero-order chi connectivity index (χ0) is 30.4. The summed E-state index contributed by atoms with van der Waals surface area (Å²) in [6.07, 6.45) is 0.542. The molecule has 0 aliphatic rings. The fourth-order valence-corrected chi connectivity index (χ4v) is 3.74. The van der Waals surface area contributed by atoms with Crippen molar-refractivity contribution in [2.45, 2.75) is 56.1 Å². The maximum Gasteiger partial charge on any atom is 0.326 e. The molecule has 0 saturated carbocycles. The van der Waals surface area contributed by atoms with E-state index in [0.717, 1.165) is 0 Å². The van der Waals surface area contributed by atoms with E-state index in [1.165, 1.54) is 43.0 Å². The van der Waals surface area contributed by atoms with E-state index in [0.29, 0.717) is 11.3 Å². The smallest absolute Gasteiger partial charge is 0.326 e. The lowest BCUT2D eigenvalue weighted by Gasteiger charge is -2.25. The van der Waals surface area contributed by atoms with Gasteiger partial charge in [0, 0.05) is 6.42 Å². The summed E-state index contributed by atoms with van der Waals surface area (Å²) in [4.78, 5) is 62.1. The first-order valence-corrected chi connectivity index (χ1v) is 13.6. The number of carboxylic acid groups (broad SMARTS) is 1. The summed E-state index contributed by atoms with van der Waals surface area (Å²) in [5, 5.41) is 56.7. The lowest BCUT2D eigenvalue weighted by molar-refractivity contribution is -0.142. The van der Waals surface area contributed by atoms with E-state index in [1.807, 2.05) is 0 Å². The van der Waals surface area contributed by atoms with Gasteiger partial charge >= 0.3 is 5.97 Å². The van der Waals surface area contributed by atoms with Crippen molar-refractivity contribution in [3.63, 3.8) is 0 Å². The van der Waals surface area contributed by atoms with Gasteiger partial charge in [-0.05, 0) is 43.0 Å². The van der Waals surface area contributed by atoms with Crippen molar-refractivity contribution in [3.05, 3.63) is 29.8 Å². The summed E-state index contributed by atoms with van der Waals surface area (Å²) >= 11 is 1.38. The molecule has 40 heavy (non-hydrogen) atoms. The van der Waals surface area contributed by atoms with Crippen molar-refractivity contribution in [1.82, 2.24) is 21.3 Å². The number of nitrogens with one attached hydrogen (secondary N) is 4. The van der Waals surface area contributed by atoms with Gasteiger partial charge in [-0.25, -0.2) is 4.79 Å². The molecule has 6 atom stereocenters. The Hall–Kier alpha value is -3.44. The van der Waals surface area contributed by atoms with E-state index >= 15 is 0 Å². The molecule has 0 aliphatic carbocycles. The molecule has 1 aromatic rings. The molecule has 4 amide bonds. The van der Waals surface area contributed by atoms with Crippen molar-refractivity contribution >= 4 is 41.4 Å². The third kappa shape index (κ3) is 11.4. The number of thioether (sulfide) groups is 1. The Bertz CT molecular complexity index is 1010. The molecule has 6 unspecified atom stereocenters. The van der Waals surface area contributed by atoms with Gasteiger partial charge in [-0.15, -0.1) is 0 Å². The van der Waals surface area contributed by atoms with E-state index in [9.17, 15) is 49.5 Å². The summed E-state index contributed by atoms with van der Waals surface area (Å²) in [7, 11) is 0. The van der Waals surface area contributed by atoms with Crippen LogP contribution in [0.2, 0.25) is 0 Å². The Kier molecular flexibility index (Phi) is 15.0. The summed E-state index contributed by atoms with van der Waals surface area (Å²) in [5.74, 6) is -4.75. The number of nitrogens with two attached hydrogens (primary N) is 1. The fraction of sp³-hybridized carbons (Fsp3) is 0.542. The first kappa shape index (κ1) is 34.6. The second-order valence-corrected chi connectivity index (χ2v) is 9.85. The number of rotatable bonds is 17. The van der Waals surface area contributed by atoms with Crippen LogP contribution in [0.25, 0.3) is 0 Å². The van der Waals surface area contributed by atoms with E-state index in [1.54, 1.807) is 6.26 Å². The molecule has 1 aromatic carbocycles. The van der Waals surface area contributed by atoms with Crippen LogP contribution in [0.4, 0.5) is 0 Å². The van der Waals surface area contributed by atoms with Crippen LogP contribution >= 0.6 is 11.8 Å². The number of carbonyl (C=O) groups excluding carboxylic acids is 4. The van der Waals surface area contributed by atoms with Gasteiger partial charge in [-0.1, -0.05) is 12.1 Å². The van der Waals surface area contributed by atoms with Crippen molar-refractivity contribution in [1.29, 1.82) is 0 Å². The third-order valence-corrected chi connectivity index (χ3v) is 6.33. The van der Waals surface area contributed by atoms with Crippen LogP contribution in [0, 0.1) is 0 Å². The molecule has 1 rings (SSSR count). The minimum atomic E-state index is -1.63. The van der Waals surface area contributed by atoms with Gasteiger partial charge in [-0.3, -0.25) is 19.2 Å². The number of aliphatic hydroxyl groups excluding tert-OH is 3. The number of aromatic hydroxyl groups is 1. The average molecular weight is 588 g/mol. The highest BCUT2D eigenvalue weighted by molar-refractivity contribution is 7.98. The highest BCUT2D eigenvalue weighted by atomic mass is 32.2.